The molecule has 4 heteroatoms. The number of alkyl halides is 2. The fourth-order valence-corrected chi connectivity index (χ4v) is 2.63. The highest BCUT2D eigenvalue weighted by Crippen LogP contribution is 2.34. The van der Waals surface area contributed by atoms with E-state index in [9.17, 15) is 8.78 Å². The quantitative estimate of drug-likeness (QED) is 0.767. The summed E-state index contributed by atoms with van der Waals surface area (Å²) in [5.41, 5.74) is 4.02. The molecule has 0 unspecified atom stereocenters. The predicted octanol–water partition coefficient (Wildman–Crippen LogP) is 2.11. The first-order chi connectivity index (χ1) is 7.27. The number of hydrogen-bond donors (Lipinski definition) is 1. The molecule has 0 fully saturated rings. The van der Waals surface area contributed by atoms with Gasteiger partial charge < -0.3 is 5.32 Å². The Hall–Kier alpha value is -1.03. The zero-order valence-electron chi connectivity index (χ0n) is 8.32. The summed E-state index contributed by atoms with van der Waals surface area (Å²) in [6, 6.07) is 0. The van der Waals surface area contributed by atoms with E-state index in [0.29, 0.717) is 6.54 Å². The number of rotatable bonds is 1. The van der Waals surface area contributed by atoms with Crippen molar-refractivity contribution in [3.05, 3.63) is 28.1 Å². The first-order valence-electron chi connectivity index (χ1n) is 5.29. The van der Waals surface area contributed by atoms with Gasteiger partial charge in [-0.1, -0.05) is 0 Å². The van der Waals surface area contributed by atoms with Crippen LogP contribution in [-0.2, 0) is 25.9 Å². The van der Waals surface area contributed by atoms with E-state index in [4.69, 9.17) is 0 Å². The van der Waals surface area contributed by atoms with Gasteiger partial charge >= 0.3 is 0 Å². The van der Waals surface area contributed by atoms with Crippen LogP contribution in [0, 0.1) is 0 Å². The first kappa shape index (κ1) is 9.21. The van der Waals surface area contributed by atoms with Crippen molar-refractivity contribution in [2.45, 2.75) is 38.8 Å². The number of nitrogens with one attached hydrogen (secondary N) is 1. The third kappa shape index (κ3) is 1.28. The summed E-state index contributed by atoms with van der Waals surface area (Å²) in [4.78, 5) is 4.13. The molecule has 1 aromatic rings. The van der Waals surface area contributed by atoms with Crippen molar-refractivity contribution in [2.75, 3.05) is 0 Å². The third-order valence-corrected chi connectivity index (χ3v) is 3.29. The van der Waals surface area contributed by atoms with Crippen LogP contribution in [0.4, 0.5) is 8.78 Å². The molecule has 2 nitrogen and oxygen atoms in total. The normalized spacial score (nSPS) is 18.3. The molecule has 0 radical (unpaired) electrons. The van der Waals surface area contributed by atoms with Crippen LogP contribution >= 0.6 is 0 Å². The standard InChI is InChI=1S/C11H12F2N2/c12-11(13)10-8-5-14-4-7(8)6-2-1-3-9(6)15-10/h11,14H,1-5H2. The van der Waals surface area contributed by atoms with Gasteiger partial charge in [0.05, 0.1) is 0 Å². The van der Waals surface area contributed by atoms with Gasteiger partial charge in [-0.15, -0.1) is 0 Å². The van der Waals surface area contributed by atoms with Crippen LogP contribution in [-0.4, -0.2) is 4.98 Å². The van der Waals surface area contributed by atoms with E-state index in [0.717, 1.165) is 42.6 Å². The summed E-state index contributed by atoms with van der Waals surface area (Å²) in [5, 5.41) is 3.14. The first-order valence-corrected chi connectivity index (χ1v) is 5.29. The minimum atomic E-state index is -2.44. The lowest BCUT2D eigenvalue weighted by Crippen LogP contribution is -2.04. The number of aryl methyl sites for hydroxylation is 1. The van der Waals surface area contributed by atoms with E-state index in [1.54, 1.807) is 0 Å². The molecule has 0 saturated carbocycles. The Balaban J connectivity index is 2.22. The second kappa shape index (κ2) is 3.23. The highest BCUT2D eigenvalue weighted by molar-refractivity contribution is 5.45. The number of halogens is 2. The Morgan fingerprint density at radius 2 is 1.87 bits per heavy atom. The molecule has 1 aliphatic carbocycles. The second-order valence-corrected chi connectivity index (χ2v) is 4.14. The molecule has 2 aliphatic rings. The maximum Gasteiger partial charge on any atom is 0.280 e. The molecule has 3 rings (SSSR count). The molecule has 0 atom stereocenters. The molecule has 0 spiro atoms. The summed E-state index contributed by atoms with van der Waals surface area (Å²) < 4.78 is 25.6. The lowest BCUT2D eigenvalue weighted by atomic mass is 10.0. The molecule has 15 heavy (non-hydrogen) atoms. The van der Waals surface area contributed by atoms with Gasteiger partial charge in [0.2, 0.25) is 0 Å². The number of nitrogens with zero attached hydrogens (tertiary/aromatic N) is 1. The van der Waals surface area contributed by atoms with Crippen LogP contribution in [0.5, 0.6) is 0 Å². The molecule has 0 bridgehead atoms. The van der Waals surface area contributed by atoms with Gasteiger partial charge in [0, 0.05) is 18.8 Å². The van der Waals surface area contributed by atoms with Crippen LogP contribution in [0.2, 0.25) is 0 Å². The van der Waals surface area contributed by atoms with Gasteiger partial charge in [-0.05, 0) is 36.0 Å². The molecule has 80 valence electrons. The smallest absolute Gasteiger partial charge is 0.280 e. The average molecular weight is 210 g/mol. The summed E-state index contributed by atoms with van der Waals surface area (Å²) >= 11 is 0. The topological polar surface area (TPSA) is 24.9 Å². The SMILES string of the molecule is FC(F)c1nc2c(c3c1CNC3)CCC2. The molecule has 1 N–H and O–H groups in total. The van der Waals surface area contributed by atoms with E-state index in [1.807, 2.05) is 0 Å². The minimum Gasteiger partial charge on any atom is -0.309 e. The van der Waals surface area contributed by atoms with Crippen molar-refractivity contribution in [1.29, 1.82) is 0 Å². The lowest BCUT2D eigenvalue weighted by molar-refractivity contribution is 0.144. The van der Waals surface area contributed by atoms with Gasteiger partial charge in [0.25, 0.3) is 6.43 Å². The highest BCUT2D eigenvalue weighted by atomic mass is 19.3. The Bertz CT molecular complexity index is 416. The van der Waals surface area contributed by atoms with Gasteiger partial charge in [-0.2, -0.15) is 0 Å². The second-order valence-electron chi connectivity index (χ2n) is 4.14. The molecule has 1 aliphatic heterocycles. The monoisotopic (exact) mass is 210 g/mol. The lowest BCUT2D eigenvalue weighted by Gasteiger charge is -2.10. The van der Waals surface area contributed by atoms with Crippen molar-refractivity contribution in [3.8, 4) is 0 Å². The number of fused-ring (bicyclic) bond motifs is 3. The number of hydrogen-bond acceptors (Lipinski definition) is 2. The minimum absolute atomic E-state index is 0.00986. The zero-order valence-corrected chi connectivity index (χ0v) is 8.32. The third-order valence-electron chi connectivity index (χ3n) is 3.29. The van der Waals surface area contributed by atoms with Gasteiger partial charge in [-0.3, -0.25) is 4.98 Å². The van der Waals surface area contributed by atoms with Gasteiger partial charge in [0.15, 0.2) is 0 Å². The molecule has 0 aromatic carbocycles. The Morgan fingerprint density at radius 3 is 2.67 bits per heavy atom. The van der Waals surface area contributed by atoms with Crippen LogP contribution < -0.4 is 5.32 Å². The van der Waals surface area contributed by atoms with E-state index < -0.39 is 6.43 Å². The van der Waals surface area contributed by atoms with Crippen molar-refractivity contribution < 1.29 is 8.78 Å². The largest absolute Gasteiger partial charge is 0.309 e. The predicted molar refractivity (Wildman–Crippen MR) is 51.8 cm³/mol. The van der Waals surface area contributed by atoms with Gasteiger partial charge in [-0.25, -0.2) is 8.78 Å². The molecule has 0 saturated heterocycles. The van der Waals surface area contributed by atoms with Crippen molar-refractivity contribution in [3.63, 3.8) is 0 Å². The molecule has 1 aromatic heterocycles. The molecule has 0 amide bonds. The summed E-state index contributed by atoms with van der Waals surface area (Å²) in [6.45, 7) is 1.29. The summed E-state index contributed by atoms with van der Waals surface area (Å²) in [6.07, 6.45) is 0.490. The summed E-state index contributed by atoms with van der Waals surface area (Å²) in [5.74, 6) is 0. The van der Waals surface area contributed by atoms with Crippen LogP contribution in [0.1, 0.15) is 40.9 Å². The maximum atomic E-state index is 12.8. The Kier molecular flexibility index (Phi) is 1.99. The van der Waals surface area contributed by atoms with Crippen molar-refractivity contribution >= 4 is 0 Å². The van der Waals surface area contributed by atoms with E-state index in [2.05, 4.69) is 10.3 Å². The number of aromatic nitrogens is 1. The van der Waals surface area contributed by atoms with Crippen molar-refractivity contribution in [2.24, 2.45) is 0 Å². The molecular formula is C11H12F2N2. The maximum absolute atomic E-state index is 12.8. The zero-order chi connectivity index (χ0) is 10.4. The van der Waals surface area contributed by atoms with E-state index >= 15 is 0 Å². The highest BCUT2D eigenvalue weighted by Gasteiger charge is 2.28. The average Bonchev–Trinajstić information content (AvgIpc) is 2.83. The van der Waals surface area contributed by atoms with Crippen LogP contribution in [0.25, 0.3) is 0 Å². The van der Waals surface area contributed by atoms with Crippen LogP contribution in [0.3, 0.4) is 0 Å². The van der Waals surface area contributed by atoms with E-state index in [-0.39, 0.29) is 5.69 Å². The van der Waals surface area contributed by atoms with Crippen LogP contribution in [0.15, 0.2) is 0 Å². The molecule has 2 heterocycles. The van der Waals surface area contributed by atoms with E-state index in [1.165, 1.54) is 5.56 Å². The molecular weight excluding hydrogens is 198 g/mol. The Morgan fingerprint density at radius 1 is 1.07 bits per heavy atom. The fourth-order valence-electron chi connectivity index (χ4n) is 2.63. The fraction of sp³-hybridized carbons (Fsp3) is 0.545. The Labute approximate surface area is 86.7 Å². The number of pyridine rings is 1. The van der Waals surface area contributed by atoms with Crippen molar-refractivity contribution in [1.82, 2.24) is 10.3 Å². The van der Waals surface area contributed by atoms with Gasteiger partial charge in [0.1, 0.15) is 5.69 Å². The summed E-state index contributed by atoms with van der Waals surface area (Å²) in [7, 11) is 0.